The van der Waals surface area contributed by atoms with E-state index in [1.807, 2.05) is 12.1 Å². The molecule has 18 heavy (non-hydrogen) atoms. The molecule has 1 aromatic rings. The zero-order valence-electron chi connectivity index (χ0n) is 10.7. The summed E-state index contributed by atoms with van der Waals surface area (Å²) in [6.07, 6.45) is 0.496. The van der Waals surface area contributed by atoms with Gasteiger partial charge in [0.15, 0.2) is 6.10 Å². The molecule has 2 aliphatic rings. The summed E-state index contributed by atoms with van der Waals surface area (Å²) in [5, 5.41) is 0. The highest BCUT2D eigenvalue weighted by molar-refractivity contribution is 5.70. The van der Waals surface area contributed by atoms with Crippen molar-refractivity contribution < 1.29 is 14.3 Å². The van der Waals surface area contributed by atoms with E-state index in [4.69, 9.17) is 9.47 Å². The summed E-state index contributed by atoms with van der Waals surface area (Å²) >= 11 is 0. The van der Waals surface area contributed by atoms with Gasteiger partial charge in [-0.25, -0.2) is 4.79 Å². The maximum atomic E-state index is 11.4. The second-order valence-electron chi connectivity index (χ2n) is 5.01. The molecule has 96 valence electrons. The number of nitrogens with zero attached hydrogens (tertiary/aromatic N) is 1. The summed E-state index contributed by atoms with van der Waals surface area (Å²) in [6, 6.07) is 6.04. The first-order valence-electron chi connectivity index (χ1n) is 6.33. The van der Waals surface area contributed by atoms with Crippen LogP contribution in [-0.2, 0) is 4.74 Å². The van der Waals surface area contributed by atoms with Gasteiger partial charge in [-0.2, -0.15) is 0 Å². The number of carbonyl (C=O) groups excluding carboxylic acids is 1. The number of rotatable bonds is 2. The number of benzene rings is 1. The van der Waals surface area contributed by atoms with Gasteiger partial charge in [0, 0.05) is 13.0 Å². The Morgan fingerprint density at radius 3 is 3.06 bits per heavy atom. The average Bonchev–Trinajstić information content (AvgIpc) is 2.65. The first-order valence-corrected chi connectivity index (χ1v) is 6.33. The molecule has 0 aromatic heterocycles. The van der Waals surface area contributed by atoms with Crippen LogP contribution in [0.5, 0.6) is 5.75 Å². The van der Waals surface area contributed by atoms with Crippen molar-refractivity contribution in [3.8, 4) is 5.75 Å². The molecule has 2 atom stereocenters. The van der Waals surface area contributed by atoms with Gasteiger partial charge in [0.1, 0.15) is 11.9 Å². The molecule has 0 radical (unpaired) electrons. The fraction of sp³-hybridized carbons (Fsp3) is 0.500. The third-order valence-electron chi connectivity index (χ3n) is 3.84. The number of ether oxygens (including phenoxy) is 2. The Morgan fingerprint density at radius 2 is 2.22 bits per heavy atom. The first-order chi connectivity index (χ1) is 8.65. The van der Waals surface area contributed by atoms with Crippen molar-refractivity contribution >= 4 is 6.09 Å². The molecular weight excluding hydrogens is 230 g/mol. The minimum Gasteiger partial charge on any atom is -0.486 e. The number of hydrogen-bond donors (Lipinski definition) is 0. The number of fused-ring (bicyclic) bond motifs is 2. The van der Waals surface area contributed by atoms with Gasteiger partial charge in [0.05, 0.1) is 6.54 Å². The molecule has 1 amide bonds. The van der Waals surface area contributed by atoms with Crippen LogP contribution in [-0.4, -0.2) is 36.3 Å². The van der Waals surface area contributed by atoms with Crippen LogP contribution in [0.1, 0.15) is 17.5 Å². The van der Waals surface area contributed by atoms with E-state index in [1.54, 1.807) is 4.90 Å². The van der Waals surface area contributed by atoms with E-state index >= 15 is 0 Å². The van der Waals surface area contributed by atoms with Crippen LogP contribution in [0.25, 0.3) is 0 Å². The lowest BCUT2D eigenvalue weighted by Gasteiger charge is -2.28. The van der Waals surface area contributed by atoms with Gasteiger partial charge in [0.2, 0.25) is 0 Å². The molecule has 2 saturated heterocycles. The third kappa shape index (κ3) is 1.82. The van der Waals surface area contributed by atoms with Crippen molar-refractivity contribution in [2.45, 2.75) is 32.5 Å². The largest absolute Gasteiger partial charge is 0.486 e. The van der Waals surface area contributed by atoms with Gasteiger partial charge in [-0.15, -0.1) is 0 Å². The van der Waals surface area contributed by atoms with Crippen LogP contribution < -0.4 is 4.74 Å². The van der Waals surface area contributed by atoms with Crippen LogP contribution in [0, 0.1) is 13.8 Å². The van der Waals surface area contributed by atoms with Crippen molar-refractivity contribution in [1.29, 1.82) is 0 Å². The summed E-state index contributed by atoms with van der Waals surface area (Å²) in [5.74, 6) is 0.899. The zero-order valence-corrected chi connectivity index (χ0v) is 10.7. The van der Waals surface area contributed by atoms with Crippen LogP contribution in [0.15, 0.2) is 18.2 Å². The van der Waals surface area contributed by atoms with E-state index in [-0.39, 0.29) is 18.3 Å². The Morgan fingerprint density at radius 1 is 1.39 bits per heavy atom. The summed E-state index contributed by atoms with van der Waals surface area (Å²) in [6.45, 7) is 5.51. The quantitative estimate of drug-likeness (QED) is 0.804. The first kappa shape index (κ1) is 11.4. The molecule has 2 bridgehead atoms. The molecule has 4 nitrogen and oxygen atoms in total. The molecule has 0 aliphatic carbocycles. The minimum absolute atomic E-state index is 0.0202. The SMILES string of the molecule is Cc1cccc(O[C@@H]2CCN3C[C@H]2OC3=O)c1C. The van der Waals surface area contributed by atoms with Crippen LogP contribution in [0.2, 0.25) is 0 Å². The molecule has 0 spiro atoms. The Hall–Kier alpha value is -1.71. The van der Waals surface area contributed by atoms with Crippen molar-refractivity contribution in [3.63, 3.8) is 0 Å². The molecule has 4 heteroatoms. The fourth-order valence-electron chi connectivity index (χ4n) is 2.53. The number of hydrogen-bond acceptors (Lipinski definition) is 3. The Bertz CT molecular complexity index is 486. The zero-order chi connectivity index (χ0) is 12.7. The molecule has 2 fully saturated rings. The van der Waals surface area contributed by atoms with Crippen molar-refractivity contribution in [2.24, 2.45) is 0 Å². The van der Waals surface area contributed by atoms with E-state index in [9.17, 15) is 4.79 Å². The number of amides is 1. The smallest absolute Gasteiger partial charge is 0.410 e. The lowest BCUT2D eigenvalue weighted by atomic mass is 10.1. The maximum absolute atomic E-state index is 11.4. The average molecular weight is 247 g/mol. The minimum atomic E-state index is -0.202. The van der Waals surface area contributed by atoms with E-state index in [2.05, 4.69) is 19.9 Å². The summed E-state index contributed by atoms with van der Waals surface area (Å²) < 4.78 is 11.3. The predicted molar refractivity (Wildman–Crippen MR) is 66.8 cm³/mol. The van der Waals surface area contributed by atoms with Gasteiger partial charge in [0.25, 0.3) is 0 Å². The van der Waals surface area contributed by atoms with E-state index in [0.717, 1.165) is 24.3 Å². The summed E-state index contributed by atoms with van der Waals surface area (Å²) in [7, 11) is 0. The molecule has 2 aliphatic heterocycles. The van der Waals surface area contributed by atoms with Crippen molar-refractivity contribution in [3.05, 3.63) is 29.3 Å². The molecular formula is C14H17NO3. The van der Waals surface area contributed by atoms with E-state index in [0.29, 0.717) is 6.54 Å². The molecule has 1 aromatic carbocycles. The fourth-order valence-corrected chi connectivity index (χ4v) is 2.53. The van der Waals surface area contributed by atoms with Gasteiger partial charge in [-0.1, -0.05) is 12.1 Å². The highest BCUT2D eigenvalue weighted by Crippen LogP contribution is 2.28. The lowest BCUT2D eigenvalue weighted by Crippen LogP contribution is -2.42. The topological polar surface area (TPSA) is 38.8 Å². The van der Waals surface area contributed by atoms with Gasteiger partial charge in [-0.05, 0) is 31.0 Å². The Labute approximate surface area is 106 Å². The second kappa shape index (κ2) is 4.19. The van der Waals surface area contributed by atoms with Gasteiger partial charge < -0.3 is 14.4 Å². The third-order valence-corrected chi connectivity index (χ3v) is 3.84. The van der Waals surface area contributed by atoms with E-state index in [1.165, 1.54) is 5.56 Å². The highest BCUT2D eigenvalue weighted by atomic mass is 16.6. The van der Waals surface area contributed by atoms with Crippen molar-refractivity contribution in [1.82, 2.24) is 4.90 Å². The molecule has 2 heterocycles. The highest BCUT2D eigenvalue weighted by Gasteiger charge is 2.42. The molecule has 0 saturated carbocycles. The van der Waals surface area contributed by atoms with E-state index < -0.39 is 0 Å². The monoisotopic (exact) mass is 247 g/mol. The van der Waals surface area contributed by atoms with Gasteiger partial charge in [-0.3, -0.25) is 0 Å². The van der Waals surface area contributed by atoms with Crippen LogP contribution in [0.3, 0.4) is 0 Å². The summed E-state index contributed by atoms with van der Waals surface area (Å²) in [5.41, 5.74) is 2.37. The number of aryl methyl sites for hydroxylation is 1. The Kier molecular flexibility index (Phi) is 2.65. The van der Waals surface area contributed by atoms with Crippen LogP contribution >= 0.6 is 0 Å². The Balaban J connectivity index is 1.77. The molecule has 0 unspecified atom stereocenters. The predicted octanol–water partition coefficient (Wildman–Crippen LogP) is 2.28. The second-order valence-corrected chi connectivity index (χ2v) is 5.01. The number of piperidine rings is 1. The maximum Gasteiger partial charge on any atom is 0.410 e. The van der Waals surface area contributed by atoms with Crippen LogP contribution in [0.4, 0.5) is 4.79 Å². The lowest BCUT2D eigenvalue weighted by molar-refractivity contribution is 0.0392. The normalized spacial score (nSPS) is 26.1. The standard InChI is InChI=1S/C14H17NO3/c1-9-4-3-5-11(10(9)2)17-12-6-7-15-8-13(12)18-14(15)16/h3-5,12-13H,6-8H2,1-2H3/t12-,13-/m1/s1. The molecule has 0 N–H and O–H groups in total. The van der Waals surface area contributed by atoms with Crippen molar-refractivity contribution in [2.75, 3.05) is 13.1 Å². The molecule has 3 rings (SSSR count). The number of carbonyl (C=O) groups is 1. The van der Waals surface area contributed by atoms with Gasteiger partial charge >= 0.3 is 6.09 Å². The summed E-state index contributed by atoms with van der Waals surface area (Å²) in [4.78, 5) is 13.2.